The summed E-state index contributed by atoms with van der Waals surface area (Å²) < 4.78 is 0. The monoisotopic (exact) mass is 386 g/mol. The third kappa shape index (κ3) is 3.70. The minimum Gasteiger partial charge on any atom is -0.368 e. The van der Waals surface area contributed by atoms with Crippen molar-refractivity contribution in [1.82, 2.24) is 14.9 Å². The molecule has 26 heavy (non-hydrogen) atoms. The van der Waals surface area contributed by atoms with Gasteiger partial charge in [0.05, 0.1) is 5.39 Å². The molecule has 6 heteroatoms. The average Bonchev–Trinajstić information content (AvgIpc) is 3.09. The molecule has 2 aromatic heterocycles. The largest absolute Gasteiger partial charge is 0.368 e. The fraction of sp³-hybridized carbons (Fsp3) is 0.400. The molecule has 0 amide bonds. The number of nitrogens with zero attached hydrogens (tertiary/aromatic N) is 3. The normalized spacial score (nSPS) is 18.3. The Kier molecular flexibility index (Phi) is 5.38. The number of nitrogens with one attached hydrogen (secondary N) is 1. The van der Waals surface area contributed by atoms with Gasteiger partial charge in [0.1, 0.15) is 17.0 Å². The van der Waals surface area contributed by atoms with Crippen molar-refractivity contribution in [3.63, 3.8) is 0 Å². The highest BCUT2D eigenvalue weighted by Crippen LogP contribution is 2.36. The zero-order valence-corrected chi connectivity index (χ0v) is 16.5. The van der Waals surface area contributed by atoms with E-state index in [1.54, 1.807) is 17.7 Å². The first-order valence-corrected chi connectivity index (χ1v) is 10.4. The number of hydrogen-bond donors (Lipinski definition) is 1. The fourth-order valence-electron chi connectivity index (χ4n) is 3.66. The predicted octanol–water partition coefficient (Wildman–Crippen LogP) is 5.30. The Morgan fingerprint density at radius 2 is 2.08 bits per heavy atom. The van der Waals surface area contributed by atoms with Gasteiger partial charge < -0.3 is 5.32 Å². The number of likely N-dealkylation sites (tertiary alicyclic amines) is 1. The second kappa shape index (κ2) is 7.91. The summed E-state index contributed by atoms with van der Waals surface area (Å²) in [6.07, 6.45) is 5.63. The highest BCUT2D eigenvalue weighted by Gasteiger charge is 2.18. The van der Waals surface area contributed by atoms with Gasteiger partial charge in [-0.25, -0.2) is 9.97 Å². The number of piperidine rings is 1. The molecular formula is C20H23ClN4S. The van der Waals surface area contributed by atoms with Crippen LogP contribution in [0.4, 0.5) is 5.82 Å². The van der Waals surface area contributed by atoms with Crippen molar-refractivity contribution in [2.75, 3.05) is 25.0 Å². The van der Waals surface area contributed by atoms with Crippen molar-refractivity contribution in [3.8, 4) is 11.1 Å². The molecule has 1 N–H and O–H groups in total. The van der Waals surface area contributed by atoms with Crippen LogP contribution >= 0.6 is 22.9 Å². The Morgan fingerprint density at radius 3 is 2.88 bits per heavy atom. The number of anilines is 1. The molecule has 4 rings (SSSR count). The summed E-state index contributed by atoms with van der Waals surface area (Å²) in [5.74, 6) is 0.922. The van der Waals surface area contributed by atoms with E-state index in [1.165, 1.54) is 25.8 Å². The lowest BCUT2D eigenvalue weighted by molar-refractivity contribution is 0.167. The Hall–Kier alpha value is -1.69. The summed E-state index contributed by atoms with van der Waals surface area (Å²) in [4.78, 5) is 12.6. The van der Waals surface area contributed by atoms with Gasteiger partial charge >= 0.3 is 0 Å². The lowest BCUT2D eigenvalue weighted by atomic mass is 10.0. The van der Waals surface area contributed by atoms with Gasteiger partial charge in [-0.15, -0.1) is 11.3 Å². The van der Waals surface area contributed by atoms with E-state index in [0.717, 1.165) is 45.3 Å². The summed E-state index contributed by atoms with van der Waals surface area (Å²) in [6, 6.07) is 8.64. The molecule has 3 heterocycles. The Balaban J connectivity index is 1.55. The summed E-state index contributed by atoms with van der Waals surface area (Å²) in [5, 5.41) is 7.56. The van der Waals surface area contributed by atoms with Gasteiger partial charge in [0.2, 0.25) is 0 Å². The van der Waals surface area contributed by atoms with Crippen molar-refractivity contribution < 1.29 is 0 Å². The molecule has 136 valence electrons. The maximum absolute atomic E-state index is 6.04. The number of aromatic nitrogens is 2. The molecule has 1 atom stereocenters. The minimum absolute atomic E-state index is 0.682. The van der Waals surface area contributed by atoms with Crippen LogP contribution in [0.3, 0.4) is 0 Å². The molecule has 3 aromatic rings. The van der Waals surface area contributed by atoms with Crippen LogP contribution in [0.15, 0.2) is 36.0 Å². The van der Waals surface area contributed by atoms with E-state index in [0.29, 0.717) is 6.04 Å². The zero-order chi connectivity index (χ0) is 17.9. The average molecular weight is 387 g/mol. The zero-order valence-electron chi connectivity index (χ0n) is 14.9. The third-order valence-corrected chi connectivity index (χ3v) is 6.30. The second-order valence-corrected chi connectivity index (χ2v) is 8.16. The fourth-order valence-corrected chi connectivity index (χ4v) is 4.70. The van der Waals surface area contributed by atoms with Gasteiger partial charge in [0, 0.05) is 35.1 Å². The predicted molar refractivity (Wildman–Crippen MR) is 111 cm³/mol. The molecule has 0 bridgehead atoms. The quantitative estimate of drug-likeness (QED) is 0.646. The van der Waals surface area contributed by atoms with E-state index in [4.69, 9.17) is 11.6 Å². The summed E-state index contributed by atoms with van der Waals surface area (Å²) in [7, 11) is 0. The molecule has 0 spiro atoms. The van der Waals surface area contributed by atoms with Crippen molar-refractivity contribution in [2.24, 2.45) is 0 Å². The maximum Gasteiger partial charge on any atom is 0.138 e. The molecule has 1 unspecified atom stereocenters. The highest BCUT2D eigenvalue weighted by molar-refractivity contribution is 7.17. The van der Waals surface area contributed by atoms with Gasteiger partial charge in [-0.3, -0.25) is 4.90 Å². The highest BCUT2D eigenvalue weighted by atomic mass is 35.5. The van der Waals surface area contributed by atoms with Crippen molar-refractivity contribution in [3.05, 3.63) is 41.0 Å². The van der Waals surface area contributed by atoms with Crippen molar-refractivity contribution in [1.29, 1.82) is 0 Å². The maximum atomic E-state index is 6.04. The van der Waals surface area contributed by atoms with Crippen LogP contribution in [-0.4, -0.2) is 40.5 Å². The van der Waals surface area contributed by atoms with Gasteiger partial charge in [0.15, 0.2) is 0 Å². The summed E-state index contributed by atoms with van der Waals surface area (Å²) >= 11 is 7.69. The van der Waals surface area contributed by atoms with Crippen LogP contribution in [0.25, 0.3) is 21.3 Å². The van der Waals surface area contributed by atoms with Gasteiger partial charge in [0.25, 0.3) is 0 Å². The first-order chi connectivity index (χ1) is 12.7. The molecule has 0 saturated carbocycles. The molecule has 4 nitrogen and oxygen atoms in total. The SMILES string of the molecule is CC1CCCCN1CCNc1ncnc2scc(-c3ccc(Cl)cc3)c12. The van der Waals surface area contributed by atoms with Gasteiger partial charge in [-0.1, -0.05) is 30.2 Å². The first kappa shape index (κ1) is 17.7. The number of fused-ring (bicyclic) bond motifs is 1. The molecule has 1 aliphatic rings. The van der Waals surface area contributed by atoms with Crippen LogP contribution in [0.1, 0.15) is 26.2 Å². The lowest BCUT2D eigenvalue weighted by Gasteiger charge is -2.33. The van der Waals surface area contributed by atoms with Crippen molar-refractivity contribution >= 4 is 39.0 Å². The Morgan fingerprint density at radius 1 is 1.23 bits per heavy atom. The third-order valence-electron chi connectivity index (χ3n) is 5.16. The minimum atomic E-state index is 0.682. The number of benzene rings is 1. The summed E-state index contributed by atoms with van der Waals surface area (Å²) in [5.41, 5.74) is 2.30. The van der Waals surface area contributed by atoms with Crippen LogP contribution in [0.5, 0.6) is 0 Å². The van der Waals surface area contributed by atoms with Crippen LogP contribution in [0.2, 0.25) is 5.02 Å². The Bertz CT molecular complexity index is 877. The van der Waals surface area contributed by atoms with Crippen molar-refractivity contribution in [2.45, 2.75) is 32.2 Å². The topological polar surface area (TPSA) is 41.0 Å². The smallest absolute Gasteiger partial charge is 0.138 e. The molecule has 0 radical (unpaired) electrons. The molecular weight excluding hydrogens is 364 g/mol. The summed E-state index contributed by atoms with van der Waals surface area (Å²) in [6.45, 7) is 5.48. The number of thiophene rings is 1. The standard InChI is InChI=1S/C20H23ClN4S/c1-14-4-2-3-10-25(14)11-9-22-19-18-17(12-26-20(18)24-13-23-19)15-5-7-16(21)8-6-15/h5-8,12-14H,2-4,9-11H2,1H3,(H,22,23,24). The van der Waals surface area contributed by atoms with E-state index < -0.39 is 0 Å². The van der Waals surface area contributed by atoms with E-state index in [1.807, 2.05) is 12.1 Å². The molecule has 0 aliphatic carbocycles. The second-order valence-electron chi connectivity index (χ2n) is 6.87. The van der Waals surface area contributed by atoms with Gasteiger partial charge in [-0.2, -0.15) is 0 Å². The number of halogens is 1. The number of rotatable bonds is 5. The number of hydrogen-bond acceptors (Lipinski definition) is 5. The molecule has 1 fully saturated rings. The van der Waals surface area contributed by atoms with E-state index in [-0.39, 0.29) is 0 Å². The van der Waals surface area contributed by atoms with Crippen LogP contribution < -0.4 is 5.32 Å². The first-order valence-electron chi connectivity index (χ1n) is 9.18. The molecule has 1 aromatic carbocycles. The molecule has 1 saturated heterocycles. The van der Waals surface area contributed by atoms with E-state index in [9.17, 15) is 0 Å². The molecule has 1 aliphatic heterocycles. The van der Waals surface area contributed by atoms with E-state index in [2.05, 4.69) is 44.6 Å². The Labute approximate surface area is 163 Å². The van der Waals surface area contributed by atoms with Gasteiger partial charge in [-0.05, 0) is 44.0 Å². The van der Waals surface area contributed by atoms with Crippen LogP contribution in [0, 0.1) is 0 Å². The van der Waals surface area contributed by atoms with Crippen LogP contribution in [-0.2, 0) is 0 Å². The van der Waals surface area contributed by atoms with E-state index >= 15 is 0 Å². The lowest BCUT2D eigenvalue weighted by Crippen LogP contribution is -2.40.